The van der Waals surface area contributed by atoms with Gasteiger partial charge in [0.25, 0.3) is 5.56 Å². The average Bonchev–Trinajstić information content (AvgIpc) is 2.77. The summed E-state index contributed by atoms with van der Waals surface area (Å²) in [5.41, 5.74) is 18.0. The van der Waals surface area contributed by atoms with Crippen LogP contribution in [0.3, 0.4) is 0 Å². The Balaban J connectivity index is 1.95. The molecule has 0 aliphatic heterocycles. The standard InChI is InChI=1S/C22H18ClN9O2/c1-10-11(19(26)33)4-2-7-15(10)32-16(29-14-6-3-5-13(23)17(14)21(32)34)9-28-20-12(8-24)18(25)30-22(27)31-20/h2-7H,9H2,1H3,(H2,26,33)(H5,25,27,28,30,31). The molecular weight excluding hydrogens is 458 g/mol. The molecule has 7 N–H and O–H groups in total. The van der Waals surface area contributed by atoms with Crippen molar-refractivity contribution in [2.24, 2.45) is 5.73 Å². The van der Waals surface area contributed by atoms with Crippen molar-refractivity contribution in [2.45, 2.75) is 13.5 Å². The number of anilines is 3. The van der Waals surface area contributed by atoms with E-state index in [-0.39, 0.29) is 51.5 Å². The fourth-order valence-corrected chi connectivity index (χ4v) is 3.88. The summed E-state index contributed by atoms with van der Waals surface area (Å²) < 4.78 is 1.34. The molecule has 34 heavy (non-hydrogen) atoms. The molecule has 0 atom stereocenters. The maximum atomic E-state index is 13.6. The minimum atomic E-state index is -0.635. The fraction of sp³-hybridized carbons (Fsp3) is 0.0909. The van der Waals surface area contributed by atoms with Gasteiger partial charge in [-0.05, 0) is 36.8 Å². The van der Waals surface area contributed by atoms with E-state index in [0.29, 0.717) is 16.8 Å². The summed E-state index contributed by atoms with van der Waals surface area (Å²) in [6, 6.07) is 11.7. The molecule has 0 bridgehead atoms. The van der Waals surface area contributed by atoms with E-state index in [2.05, 4.69) is 20.3 Å². The Morgan fingerprint density at radius 2 is 1.91 bits per heavy atom. The van der Waals surface area contributed by atoms with Crippen LogP contribution < -0.4 is 28.1 Å². The highest BCUT2D eigenvalue weighted by Gasteiger charge is 2.19. The van der Waals surface area contributed by atoms with E-state index in [1.54, 1.807) is 43.3 Å². The van der Waals surface area contributed by atoms with Crippen molar-refractivity contribution in [1.29, 1.82) is 5.26 Å². The van der Waals surface area contributed by atoms with Crippen LogP contribution in [-0.4, -0.2) is 25.4 Å². The number of primary amides is 1. The molecule has 0 fully saturated rings. The number of aromatic nitrogens is 4. The van der Waals surface area contributed by atoms with Gasteiger partial charge in [0.1, 0.15) is 23.3 Å². The third kappa shape index (κ3) is 3.82. The van der Waals surface area contributed by atoms with Gasteiger partial charge < -0.3 is 22.5 Å². The summed E-state index contributed by atoms with van der Waals surface area (Å²) in [6.45, 7) is 1.62. The highest BCUT2D eigenvalue weighted by Crippen LogP contribution is 2.24. The van der Waals surface area contributed by atoms with Gasteiger partial charge in [-0.3, -0.25) is 14.2 Å². The number of amides is 1. The number of fused-ring (bicyclic) bond motifs is 1. The van der Waals surface area contributed by atoms with E-state index in [1.165, 1.54) is 4.57 Å². The molecule has 2 aromatic carbocycles. The number of hydrogen-bond acceptors (Lipinski definition) is 9. The molecule has 0 spiro atoms. The number of nitrogen functional groups attached to an aromatic ring is 2. The van der Waals surface area contributed by atoms with E-state index >= 15 is 0 Å². The van der Waals surface area contributed by atoms with Gasteiger partial charge in [0.2, 0.25) is 11.9 Å². The minimum Gasteiger partial charge on any atom is -0.382 e. The van der Waals surface area contributed by atoms with Gasteiger partial charge in [-0.2, -0.15) is 15.2 Å². The molecule has 4 aromatic rings. The maximum Gasteiger partial charge on any atom is 0.267 e. The first-order chi connectivity index (χ1) is 16.2. The van der Waals surface area contributed by atoms with Gasteiger partial charge in [0.15, 0.2) is 5.82 Å². The van der Waals surface area contributed by atoms with Crippen molar-refractivity contribution in [3.05, 3.63) is 74.3 Å². The van der Waals surface area contributed by atoms with E-state index in [1.807, 2.05) is 6.07 Å². The van der Waals surface area contributed by atoms with Gasteiger partial charge in [-0.25, -0.2) is 4.98 Å². The molecule has 4 rings (SSSR count). The van der Waals surface area contributed by atoms with Gasteiger partial charge in [0, 0.05) is 5.56 Å². The summed E-state index contributed by atoms with van der Waals surface area (Å²) in [5, 5.41) is 12.8. The van der Waals surface area contributed by atoms with Gasteiger partial charge in [-0.1, -0.05) is 23.7 Å². The summed E-state index contributed by atoms with van der Waals surface area (Å²) in [7, 11) is 0. The molecule has 0 saturated carbocycles. The lowest BCUT2D eigenvalue weighted by Crippen LogP contribution is -2.27. The first kappa shape index (κ1) is 22.5. The molecule has 2 heterocycles. The Hall–Kier alpha value is -4.69. The monoisotopic (exact) mass is 475 g/mol. The summed E-state index contributed by atoms with van der Waals surface area (Å²) >= 11 is 6.32. The van der Waals surface area contributed by atoms with Crippen molar-refractivity contribution >= 4 is 46.0 Å². The Morgan fingerprint density at radius 1 is 1.18 bits per heavy atom. The summed E-state index contributed by atoms with van der Waals surface area (Å²) in [4.78, 5) is 38.0. The lowest BCUT2D eigenvalue weighted by molar-refractivity contribution is 0.0999. The Labute approximate surface area is 197 Å². The van der Waals surface area contributed by atoms with Crippen LogP contribution in [0.1, 0.15) is 27.3 Å². The van der Waals surface area contributed by atoms with Gasteiger partial charge in [-0.15, -0.1) is 0 Å². The number of nitriles is 1. The van der Waals surface area contributed by atoms with Crippen LogP contribution in [0.2, 0.25) is 5.02 Å². The lowest BCUT2D eigenvalue weighted by Gasteiger charge is -2.18. The molecule has 0 radical (unpaired) electrons. The second-order valence-corrected chi connectivity index (χ2v) is 7.68. The third-order valence-corrected chi connectivity index (χ3v) is 5.52. The smallest absolute Gasteiger partial charge is 0.267 e. The number of nitrogens with one attached hydrogen (secondary N) is 1. The van der Waals surface area contributed by atoms with Crippen LogP contribution in [0.4, 0.5) is 17.6 Å². The predicted octanol–water partition coefficient (Wildman–Crippen LogP) is 1.88. The molecule has 2 aromatic heterocycles. The molecule has 0 aliphatic carbocycles. The van der Waals surface area contributed by atoms with Gasteiger partial charge >= 0.3 is 0 Å². The number of benzene rings is 2. The Bertz CT molecular complexity index is 1570. The fourth-order valence-electron chi connectivity index (χ4n) is 3.63. The Kier molecular flexibility index (Phi) is 5.75. The average molecular weight is 476 g/mol. The van der Waals surface area contributed by atoms with Crippen molar-refractivity contribution in [3.63, 3.8) is 0 Å². The quantitative estimate of drug-likeness (QED) is 0.333. The van der Waals surface area contributed by atoms with Crippen LogP contribution in [0, 0.1) is 18.3 Å². The molecule has 12 heteroatoms. The van der Waals surface area contributed by atoms with Crippen LogP contribution in [-0.2, 0) is 6.54 Å². The number of carbonyl (C=O) groups is 1. The van der Waals surface area contributed by atoms with Crippen LogP contribution in [0.5, 0.6) is 0 Å². The molecule has 0 aliphatic rings. The second-order valence-electron chi connectivity index (χ2n) is 7.27. The second kappa shape index (κ2) is 8.68. The summed E-state index contributed by atoms with van der Waals surface area (Å²) in [5.74, 6) is -0.506. The predicted molar refractivity (Wildman–Crippen MR) is 129 cm³/mol. The zero-order chi connectivity index (χ0) is 24.6. The molecule has 0 unspecified atom stereocenters. The largest absolute Gasteiger partial charge is 0.382 e. The van der Waals surface area contributed by atoms with Crippen LogP contribution in [0.25, 0.3) is 16.6 Å². The molecular formula is C22H18ClN9O2. The first-order valence-corrected chi connectivity index (χ1v) is 10.3. The number of hydrogen-bond donors (Lipinski definition) is 4. The van der Waals surface area contributed by atoms with Crippen molar-refractivity contribution in [3.8, 4) is 11.8 Å². The zero-order valence-electron chi connectivity index (χ0n) is 17.8. The van der Waals surface area contributed by atoms with Gasteiger partial charge in [0.05, 0.1) is 28.2 Å². The molecule has 0 saturated heterocycles. The van der Waals surface area contributed by atoms with Crippen LogP contribution >= 0.6 is 11.6 Å². The lowest BCUT2D eigenvalue weighted by atomic mass is 10.1. The zero-order valence-corrected chi connectivity index (χ0v) is 18.6. The van der Waals surface area contributed by atoms with Crippen LogP contribution in [0.15, 0.2) is 41.2 Å². The van der Waals surface area contributed by atoms with E-state index in [0.717, 1.165) is 0 Å². The normalized spacial score (nSPS) is 10.7. The molecule has 11 nitrogen and oxygen atoms in total. The number of nitrogens with zero attached hydrogens (tertiary/aromatic N) is 5. The highest BCUT2D eigenvalue weighted by molar-refractivity contribution is 6.35. The maximum absolute atomic E-state index is 13.6. The van der Waals surface area contributed by atoms with E-state index in [9.17, 15) is 14.9 Å². The van der Waals surface area contributed by atoms with Crippen molar-refractivity contribution < 1.29 is 4.79 Å². The number of halogens is 1. The topological polar surface area (TPSA) is 192 Å². The minimum absolute atomic E-state index is 0.00108. The first-order valence-electron chi connectivity index (χ1n) is 9.89. The Morgan fingerprint density at radius 3 is 2.62 bits per heavy atom. The number of nitrogens with two attached hydrogens (primary N) is 3. The van der Waals surface area contributed by atoms with E-state index in [4.69, 9.17) is 28.8 Å². The van der Waals surface area contributed by atoms with E-state index < -0.39 is 11.5 Å². The number of rotatable bonds is 5. The molecule has 1 amide bonds. The molecule has 170 valence electrons. The van der Waals surface area contributed by atoms with Crippen molar-refractivity contribution in [1.82, 2.24) is 19.5 Å². The highest BCUT2D eigenvalue weighted by atomic mass is 35.5. The SMILES string of the molecule is Cc1c(C(N)=O)cccc1-n1c(CNc2nc(N)nc(N)c2C#N)nc2cccc(Cl)c2c1=O. The summed E-state index contributed by atoms with van der Waals surface area (Å²) in [6.07, 6.45) is 0. The third-order valence-electron chi connectivity index (χ3n) is 5.21. The number of carbonyl (C=O) groups excluding carboxylic acids is 1. The van der Waals surface area contributed by atoms with Crippen molar-refractivity contribution in [2.75, 3.05) is 16.8 Å².